The molecule has 2 unspecified atom stereocenters. The SMILES string of the molecule is COC1CCN(C(=O)N2CCC(C)CC2)C(CN)C1.Cl. The number of methoxy groups -OCH3 is 1. The summed E-state index contributed by atoms with van der Waals surface area (Å²) < 4.78 is 5.40. The molecule has 0 aromatic heterocycles. The maximum atomic E-state index is 12.6. The molecule has 5 nitrogen and oxygen atoms in total. The Morgan fingerprint density at radius 3 is 2.45 bits per heavy atom. The van der Waals surface area contributed by atoms with Crippen molar-refractivity contribution >= 4 is 18.4 Å². The highest BCUT2D eigenvalue weighted by atomic mass is 35.5. The average molecular weight is 306 g/mol. The Morgan fingerprint density at radius 1 is 1.25 bits per heavy atom. The zero-order chi connectivity index (χ0) is 13.8. The van der Waals surface area contributed by atoms with Gasteiger partial charge in [-0.25, -0.2) is 4.79 Å². The van der Waals surface area contributed by atoms with E-state index in [0.29, 0.717) is 6.54 Å². The first-order valence-electron chi connectivity index (χ1n) is 7.44. The molecule has 2 fully saturated rings. The lowest BCUT2D eigenvalue weighted by Crippen LogP contribution is -2.56. The summed E-state index contributed by atoms with van der Waals surface area (Å²) in [6.45, 7) is 5.33. The van der Waals surface area contributed by atoms with Gasteiger partial charge in [-0.15, -0.1) is 12.4 Å². The fourth-order valence-corrected chi connectivity index (χ4v) is 3.09. The van der Waals surface area contributed by atoms with Gasteiger partial charge in [0.05, 0.1) is 6.10 Å². The number of ether oxygens (including phenoxy) is 1. The van der Waals surface area contributed by atoms with Gasteiger partial charge in [-0.05, 0) is 31.6 Å². The molecule has 0 saturated carbocycles. The molecule has 6 heteroatoms. The predicted octanol–water partition coefficient (Wildman–Crippen LogP) is 1.70. The molecule has 0 radical (unpaired) electrons. The normalized spacial score (nSPS) is 28.1. The van der Waals surface area contributed by atoms with Gasteiger partial charge in [0.2, 0.25) is 0 Å². The van der Waals surface area contributed by atoms with Gasteiger partial charge < -0.3 is 20.3 Å². The minimum atomic E-state index is 0. The van der Waals surface area contributed by atoms with Gasteiger partial charge >= 0.3 is 6.03 Å². The van der Waals surface area contributed by atoms with E-state index in [1.54, 1.807) is 7.11 Å². The summed E-state index contributed by atoms with van der Waals surface area (Å²) in [6, 6.07) is 0.308. The molecule has 2 N–H and O–H groups in total. The number of carbonyl (C=O) groups is 1. The lowest BCUT2D eigenvalue weighted by Gasteiger charge is -2.42. The summed E-state index contributed by atoms with van der Waals surface area (Å²) in [4.78, 5) is 16.5. The standard InChI is InChI=1S/C14H27N3O2.ClH/c1-11-3-6-16(7-4-11)14(18)17-8-5-13(19-2)9-12(17)10-15;/h11-13H,3-10,15H2,1-2H3;1H. The van der Waals surface area contributed by atoms with Crippen molar-refractivity contribution in [3.63, 3.8) is 0 Å². The van der Waals surface area contributed by atoms with E-state index < -0.39 is 0 Å². The van der Waals surface area contributed by atoms with Crippen LogP contribution in [0.1, 0.15) is 32.6 Å². The van der Waals surface area contributed by atoms with Crippen LogP contribution in [0.3, 0.4) is 0 Å². The van der Waals surface area contributed by atoms with Gasteiger partial charge in [-0.1, -0.05) is 6.92 Å². The van der Waals surface area contributed by atoms with Gasteiger partial charge in [-0.2, -0.15) is 0 Å². The Bertz CT molecular complexity index is 309. The van der Waals surface area contributed by atoms with E-state index in [2.05, 4.69) is 6.92 Å². The second kappa shape index (κ2) is 8.05. The maximum absolute atomic E-state index is 12.6. The lowest BCUT2D eigenvalue weighted by molar-refractivity contribution is 0.0187. The number of carbonyl (C=O) groups excluding carboxylic acids is 1. The van der Waals surface area contributed by atoms with E-state index in [-0.39, 0.29) is 30.6 Å². The highest BCUT2D eigenvalue weighted by Gasteiger charge is 2.33. The minimum Gasteiger partial charge on any atom is -0.381 e. The second-order valence-electron chi connectivity index (χ2n) is 5.92. The maximum Gasteiger partial charge on any atom is 0.320 e. The number of likely N-dealkylation sites (tertiary alicyclic amines) is 2. The second-order valence-corrected chi connectivity index (χ2v) is 5.92. The fraction of sp³-hybridized carbons (Fsp3) is 0.929. The number of nitrogens with zero attached hydrogens (tertiary/aromatic N) is 2. The van der Waals surface area contributed by atoms with Crippen molar-refractivity contribution in [1.29, 1.82) is 0 Å². The van der Waals surface area contributed by atoms with Crippen molar-refractivity contribution in [1.82, 2.24) is 9.80 Å². The molecule has 20 heavy (non-hydrogen) atoms. The highest BCUT2D eigenvalue weighted by Crippen LogP contribution is 2.23. The van der Waals surface area contributed by atoms with Crippen molar-refractivity contribution in [3.05, 3.63) is 0 Å². The minimum absolute atomic E-state index is 0. The molecule has 0 aliphatic carbocycles. The van der Waals surface area contributed by atoms with E-state index in [4.69, 9.17) is 10.5 Å². The summed E-state index contributed by atoms with van der Waals surface area (Å²) in [7, 11) is 1.74. The summed E-state index contributed by atoms with van der Waals surface area (Å²) in [5.41, 5.74) is 5.83. The van der Waals surface area contributed by atoms with E-state index in [0.717, 1.165) is 51.2 Å². The van der Waals surface area contributed by atoms with Gasteiger partial charge in [0.15, 0.2) is 0 Å². The Hall–Kier alpha value is -0.520. The molecule has 2 amide bonds. The molecular formula is C14H28ClN3O2. The Balaban J connectivity index is 0.00000200. The summed E-state index contributed by atoms with van der Waals surface area (Å²) in [5, 5.41) is 0. The molecule has 0 aromatic rings. The van der Waals surface area contributed by atoms with Crippen LogP contribution in [0, 0.1) is 5.92 Å². The molecule has 2 heterocycles. The van der Waals surface area contributed by atoms with Crippen LogP contribution < -0.4 is 5.73 Å². The number of halogens is 1. The number of amides is 2. The van der Waals surface area contributed by atoms with Crippen LogP contribution in [0.5, 0.6) is 0 Å². The van der Waals surface area contributed by atoms with Crippen LogP contribution in [-0.2, 0) is 4.74 Å². The van der Waals surface area contributed by atoms with Crippen LogP contribution in [0.2, 0.25) is 0 Å². The molecule has 0 spiro atoms. The molecule has 118 valence electrons. The number of hydrogen-bond acceptors (Lipinski definition) is 3. The van der Waals surface area contributed by atoms with E-state index >= 15 is 0 Å². The van der Waals surface area contributed by atoms with Crippen molar-refractivity contribution in [2.45, 2.75) is 44.8 Å². The fourth-order valence-electron chi connectivity index (χ4n) is 3.09. The first kappa shape index (κ1) is 17.5. The summed E-state index contributed by atoms with van der Waals surface area (Å²) >= 11 is 0. The zero-order valence-electron chi connectivity index (χ0n) is 12.6. The van der Waals surface area contributed by atoms with Crippen LogP contribution >= 0.6 is 12.4 Å². The molecule has 2 saturated heterocycles. The summed E-state index contributed by atoms with van der Waals surface area (Å²) in [5.74, 6) is 0.744. The van der Waals surface area contributed by atoms with Crippen LogP contribution in [0.4, 0.5) is 4.79 Å². The molecule has 2 aliphatic heterocycles. The molecule has 2 aliphatic rings. The third kappa shape index (κ3) is 3.99. The van der Waals surface area contributed by atoms with Crippen LogP contribution in [0.25, 0.3) is 0 Å². The lowest BCUT2D eigenvalue weighted by atomic mass is 9.98. The Labute approximate surface area is 128 Å². The molecule has 2 atom stereocenters. The quantitative estimate of drug-likeness (QED) is 0.845. The Morgan fingerprint density at radius 2 is 1.90 bits per heavy atom. The van der Waals surface area contributed by atoms with Crippen molar-refractivity contribution in [2.24, 2.45) is 11.7 Å². The van der Waals surface area contributed by atoms with Crippen LogP contribution in [0.15, 0.2) is 0 Å². The van der Waals surface area contributed by atoms with Crippen molar-refractivity contribution < 1.29 is 9.53 Å². The van der Waals surface area contributed by atoms with Crippen molar-refractivity contribution in [2.75, 3.05) is 33.3 Å². The third-order valence-corrected chi connectivity index (χ3v) is 4.57. The van der Waals surface area contributed by atoms with E-state index in [1.807, 2.05) is 9.80 Å². The van der Waals surface area contributed by atoms with Gasteiger partial charge in [0.25, 0.3) is 0 Å². The predicted molar refractivity (Wildman–Crippen MR) is 82.2 cm³/mol. The number of urea groups is 1. The highest BCUT2D eigenvalue weighted by molar-refractivity contribution is 5.85. The van der Waals surface area contributed by atoms with Crippen molar-refractivity contribution in [3.8, 4) is 0 Å². The smallest absolute Gasteiger partial charge is 0.320 e. The molecular weight excluding hydrogens is 278 g/mol. The number of hydrogen-bond donors (Lipinski definition) is 1. The summed E-state index contributed by atoms with van der Waals surface area (Å²) in [6.07, 6.45) is 4.27. The topological polar surface area (TPSA) is 58.8 Å². The monoisotopic (exact) mass is 305 g/mol. The Kier molecular flexibility index (Phi) is 7.06. The van der Waals surface area contributed by atoms with E-state index in [1.165, 1.54) is 0 Å². The molecule has 0 aromatic carbocycles. The van der Waals surface area contributed by atoms with E-state index in [9.17, 15) is 4.79 Å². The molecule has 0 bridgehead atoms. The first-order valence-corrected chi connectivity index (χ1v) is 7.44. The van der Waals surface area contributed by atoms with Gasteiger partial charge in [0, 0.05) is 39.3 Å². The first-order chi connectivity index (χ1) is 9.15. The number of piperidine rings is 2. The average Bonchev–Trinajstić information content (AvgIpc) is 2.46. The van der Waals surface area contributed by atoms with Gasteiger partial charge in [-0.3, -0.25) is 0 Å². The van der Waals surface area contributed by atoms with Crippen LogP contribution in [-0.4, -0.2) is 61.3 Å². The van der Waals surface area contributed by atoms with Gasteiger partial charge in [0.1, 0.15) is 0 Å². The zero-order valence-corrected chi connectivity index (χ0v) is 13.4. The number of nitrogens with two attached hydrogens (primary N) is 1. The molecule has 2 rings (SSSR count). The third-order valence-electron chi connectivity index (χ3n) is 4.57. The number of rotatable bonds is 2. The largest absolute Gasteiger partial charge is 0.381 e.